The monoisotopic (exact) mass is 139 g/mol. The normalized spacial score (nSPS) is 9.80. The summed E-state index contributed by atoms with van der Waals surface area (Å²) in [5.41, 5.74) is 0. The molecule has 1 rings (SSSR count). The van der Waals surface area contributed by atoms with E-state index in [1.165, 1.54) is 11.0 Å². The molecule has 4 heteroatoms. The lowest BCUT2D eigenvalue weighted by molar-refractivity contribution is 0.0974. The van der Waals surface area contributed by atoms with E-state index in [1.54, 1.807) is 14.0 Å². The highest BCUT2D eigenvalue weighted by Gasteiger charge is 2.07. The first-order valence-corrected chi connectivity index (χ1v) is 3.13. The van der Waals surface area contributed by atoms with E-state index in [-0.39, 0.29) is 5.78 Å². The van der Waals surface area contributed by atoms with Gasteiger partial charge in [-0.25, -0.2) is 9.67 Å². The number of nitrogens with zero attached hydrogens (tertiary/aromatic N) is 3. The summed E-state index contributed by atoms with van der Waals surface area (Å²) < 4.78 is 1.48. The number of aromatic nitrogens is 3. The third-order valence-electron chi connectivity index (χ3n) is 1.28. The van der Waals surface area contributed by atoms with Gasteiger partial charge in [-0.1, -0.05) is 6.92 Å². The number of hydrogen-bond donors (Lipinski definition) is 0. The highest BCUT2D eigenvalue weighted by molar-refractivity contribution is 5.92. The molecule has 1 aromatic rings. The maximum atomic E-state index is 11.0. The fourth-order valence-corrected chi connectivity index (χ4v) is 0.707. The van der Waals surface area contributed by atoms with E-state index in [1.807, 2.05) is 0 Å². The fraction of sp³-hybridized carbons (Fsp3) is 0.500. The Morgan fingerprint density at radius 1 is 1.80 bits per heavy atom. The molecule has 0 unspecified atom stereocenters. The number of hydrogen-bond acceptors (Lipinski definition) is 3. The second-order valence-corrected chi connectivity index (χ2v) is 1.98. The molecule has 0 fully saturated rings. The zero-order valence-electron chi connectivity index (χ0n) is 6.03. The Kier molecular flexibility index (Phi) is 1.80. The molecule has 0 aromatic carbocycles. The van der Waals surface area contributed by atoms with Crippen LogP contribution in [0.2, 0.25) is 0 Å². The van der Waals surface area contributed by atoms with Crippen LogP contribution >= 0.6 is 0 Å². The molecule has 0 saturated carbocycles. The first-order chi connectivity index (χ1) is 4.75. The van der Waals surface area contributed by atoms with E-state index >= 15 is 0 Å². The molecule has 0 aliphatic heterocycles. The van der Waals surface area contributed by atoms with Crippen LogP contribution in [0.4, 0.5) is 0 Å². The van der Waals surface area contributed by atoms with Crippen LogP contribution in [0.5, 0.6) is 0 Å². The first kappa shape index (κ1) is 6.92. The molecular formula is C6H9N3O. The van der Waals surface area contributed by atoms with Gasteiger partial charge >= 0.3 is 0 Å². The molecule has 0 spiro atoms. The van der Waals surface area contributed by atoms with Gasteiger partial charge in [0.1, 0.15) is 6.33 Å². The fourth-order valence-electron chi connectivity index (χ4n) is 0.707. The van der Waals surface area contributed by atoms with E-state index in [0.717, 1.165) is 0 Å². The lowest BCUT2D eigenvalue weighted by Crippen LogP contribution is -2.06. The van der Waals surface area contributed by atoms with Gasteiger partial charge in [0.15, 0.2) is 11.6 Å². The minimum Gasteiger partial charge on any atom is -0.291 e. The van der Waals surface area contributed by atoms with Gasteiger partial charge in [0.2, 0.25) is 0 Å². The van der Waals surface area contributed by atoms with Crippen molar-refractivity contribution in [3.05, 3.63) is 12.2 Å². The van der Waals surface area contributed by atoms with Crippen molar-refractivity contribution in [2.24, 2.45) is 7.05 Å². The summed E-state index contributed by atoms with van der Waals surface area (Å²) in [6.45, 7) is 1.80. The number of rotatable bonds is 2. The van der Waals surface area contributed by atoms with Crippen molar-refractivity contribution in [3.63, 3.8) is 0 Å². The Labute approximate surface area is 58.9 Å². The lowest BCUT2D eigenvalue weighted by atomic mass is 10.3. The van der Waals surface area contributed by atoms with Crippen molar-refractivity contribution in [2.75, 3.05) is 0 Å². The largest absolute Gasteiger partial charge is 0.291 e. The summed E-state index contributed by atoms with van der Waals surface area (Å²) in [5.74, 6) is 0.461. The Hall–Kier alpha value is -1.19. The summed E-state index contributed by atoms with van der Waals surface area (Å²) >= 11 is 0. The molecule has 54 valence electrons. The molecule has 0 saturated heterocycles. The Morgan fingerprint density at radius 2 is 2.50 bits per heavy atom. The number of ketones is 1. The smallest absolute Gasteiger partial charge is 0.199 e. The predicted octanol–water partition coefficient (Wildman–Crippen LogP) is 0.408. The average molecular weight is 139 g/mol. The highest BCUT2D eigenvalue weighted by atomic mass is 16.1. The molecule has 10 heavy (non-hydrogen) atoms. The number of carbonyl (C=O) groups excluding carboxylic acids is 1. The molecule has 0 atom stereocenters. The zero-order valence-corrected chi connectivity index (χ0v) is 6.03. The van der Waals surface area contributed by atoms with Gasteiger partial charge in [0.25, 0.3) is 0 Å². The SMILES string of the molecule is CCC(=O)c1ncnn1C. The summed E-state index contributed by atoms with van der Waals surface area (Å²) in [6, 6.07) is 0. The van der Waals surface area contributed by atoms with Crippen LogP contribution in [0, 0.1) is 0 Å². The van der Waals surface area contributed by atoms with Crippen LogP contribution in [0.1, 0.15) is 24.0 Å². The van der Waals surface area contributed by atoms with Crippen LogP contribution in [0.3, 0.4) is 0 Å². The van der Waals surface area contributed by atoms with E-state index < -0.39 is 0 Å². The van der Waals surface area contributed by atoms with E-state index in [2.05, 4.69) is 10.1 Å². The third kappa shape index (κ3) is 1.05. The average Bonchev–Trinajstić information content (AvgIpc) is 2.34. The Bertz CT molecular complexity index is 241. The topological polar surface area (TPSA) is 47.8 Å². The second-order valence-electron chi connectivity index (χ2n) is 1.98. The van der Waals surface area contributed by atoms with Gasteiger partial charge in [-0.15, -0.1) is 0 Å². The second kappa shape index (κ2) is 2.60. The Morgan fingerprint density at radius 3 is 2.90 bits per heavy atom. The number of aryl methyl sites for hydroxylation is 1. The molecule has 0 bridgehead atoms. The third-order valence-corrected chi connectivity index (χ3v) is 1.28. The van der Waals surface area contributed by atoms with E-state index in [9.17, 15) is 4.79 Å². The summed E-state index contributed by atoms with van der Waals surface area (Å²) in [7, 11) is 1.70. The number of Topliss-reactive ketones (excluding diaryl/α,β-unsaturated/α-hetero) is 1. The van der Waals surface area contributed by atoms with Gasteiger partial charge in [-0.05, 0) is 0 Å². The van der Waals surface area contributed by atoms with Crippen LogP contribution in [-0.2, 0) is 7.05 Å². The van der Waals surface area contributed by atoms with Crippen LogP contribution in [0.15, 0.2) is 6.33 Å². The van der Waals surface area contributed by atoms with Crippen molar-refractivity contribution in [2.45, 2.75) is 13.3 Å². The summed E-state index contributed by atoms with van der Waals surface area (Å²) in [6.07, 6.45) is 1.86. The molecule has 0 aliphatic carbocycles. The van der Waals surface area contributed by atoms with Crippen molar-refractivity contribution in [3.8, 4) is 0 Å². The number of carbonyl (C=O) groups is 1. The minimum absolute atomic E-state index is 0.0278. The molecule has 4 nitrogen and oxygen atoms in total. The van der Waals surface area contributed by atoms with Crippen molar-refractivity contribution < 1.29 is 4.79 Å². The zero-order chi connectivity index (χ0) is 7.56. The highest BCUT2D eigenvalue weighted by Crippen LogP contribution is 1.95. The quantitative estimate of drug-likeness (QED) is 0.557. The van der Waals surface area contributed by atoms with Gasteiger partial charge in [0.05, 0.1) is 0 Å². The van der Waals surface area contributed by atoms with Crippen LogP contribution in [0.25, 0.3) is 0 Å². The van der Waals surface area contributed by atoms with Crippen LogP contribution < -0.4 is 0 Å². The maximum Gasteiger partial charge on any atom is 0.199 e. The van der Waals surface area contributed by atoms with E-state index in [4.69, 9.17) is 0 Å². The predicted molar refractivity (Wildman–Crippen MR) is 35.6 cm³/mol. The molecule has 1 aromatic heterocycles. The molecule has 0 aliphatic rings. The van der Waals surface area contributed by atoms with Gasteiger partial charge in [0, 0.05) is 13.5 Å². The molecule has 0 radical (unpaired) electrons. The lowest BCUT2D eigenvalue weighted by Gasteiger charge is -1.93. The van der Waals surface area contributed by atoms with Crippen molar-refractivity contribution in [1.82, 2.24) is 14.8 Å². The van der Waals surface area contributed by atoms with Gasteiger partial charge in [-0.2, -0.15) is 5.10 Å². The van der Waals surface area contributed by atoms with Crippen molar-refractivity contribution in [1.29, 1.82) is 0 Å². The van der Waals surface area contributed by atoms with Crippen molar-refractivity contribution >= 4 is 5.78 Å². The van der Waals surface area contributed by atoms with Gasteiger partial charge in [-0.3, -0.25) is 4.79 Å². The van der Waals surface area contributed by atoms with Gasteiger partial charge < -0.3 is 0 Å². The first-order valence-electron chi connectivity index (χ1n) is 3.13. The molecule has 0 N–H and O–H groups in total. The van der Waals surface area contributed by atoms with Crippen LogP contribution in [-0.4, -0.2) is 20.5 Å². The Balaban J connectivity index is 2.93. The maximum absolute atomic E-state index is 11.0. The van der Waals surface area contributed by atoms with E-state index in [0.29, 0.717) is 12.2 Å². The minimum atomic E-state index is 0.0278. The summed E-state index contributed by atoms with van der Waals surface area (Å²) in [4.78, 5) is 14.8. The molecule has 1 heterocycles. The standard InChI is InChI=1S/C6H9N3O/c1-3-5(10)6-7-4-8-9(6)2/h4H,3H2,1-2H3. The summed E-state index contributed by atoms with van der Waals surface area (Å²) in [5, 5.41) is 3.77. The molecule has 0 amide bonds. The molecular weight excluding hydrogens is 130 g/mol.